The highest BCUT2D eigenvalue weighted by Gasteiger charge is 2.43. The molecule has 0 heterocycles. The summed E-state index contributed by atoms with van der Waals surface area (Å²) in [7, 11) is 0. The maximum absolute atomic E-state index is 11.2. The van der Waals surface area contributed by atoms with Crippen molar-refractivity contribution in [2.75, 3.05) is 0 Å². The molecule has 0 fully saturated rings. The lowest BCUT2D eigenvalue weighted by atomic mass is 9.80. The van der Waals surface area contributed by atoms with E-state index in [1.807, 2.05) is 37.3 Å². The summed E-state index contributed by atoms with van der Waals surface area (Å²) in [5.41, 5.74) is -0.325. The molecular weight excluding hydrogens is 388 g/mol. The van der Waals surface area contributed by atoms with Gasteiger partial charge in [0.25, 0.3) is 0 Å². The van der Waals surface area contributed by atoms with E-state index in [9.17, 15) is 14.4 Å². The van der Waals surface area contributed by atoms with E-state index in [1.165, 1.54) is 25.2 Å². The van der Waals surface area contributed by atoms with Crippen molar-refractivity contribution in [3.05, 3.63) is 59.7 Å². The molecule has 6 heteroatoms. The Morgan fingerprint density at radius 2 is 1.76 bits per heavy atom. The van der Waals surface area contributed by atoms with Gasteiger partial charge in [-0.25, -0.2) is 4.79 Å². The second kappa shape index (κ2) is 9.32. The summed E-state index contributed by atoms with van der Waals surface area (Å²) < 4.78 is 0. The molecule has 1 aliphatic carbocycles. The smallest absolute Gasteiger partial charge is 0.332 e. The number of benzene rings is 1. The second-order valence-electron chi connectivity index (χ2n) is 5.78. The van der Waals surface area contributed by atoms with Gasteiger partial charge in [-0.1, -0.05) is 71.4 Å². The van der Waals surface area contributed by atoms with Gasteiger partial charge in [0.1, 0.15) is 5.41 Å². The number of carbonyl (C=O) groups is 3. The van der Waals surface area contributed by atoms with E-state index in [0.717, 1.165) is 12.0 Å². The Balaban J connectivity index is 0.000000257. The van der Waals surface area contributed by atoms with Gasteiger partial charge < -0.3 is 10.2 Å². The van der Waals surface area contributed by atoms with Gasteiger partial charge in [-0.3, -0.25) is 9.59 Å². The number of Topliss-reactive ketones (excluding diaryl/α,β-unsaturated/α-hetero) is 1. The summed E-state index contributed by atoms with van der Waals surface area (Å²) in [6.07, 6.45) is 5.90. The monoisotopic (exact) mass is 408 g/mol. The molecule has 1 aromatic carbocycles. The third-order valence-electron chi connectivity index (χ3n) is 3.80. The fourth-order valence-corrected chi connectivity index (χ4v) is 2.90. The molecule has 2 atom stereocenters. The first-order valence-electron chi connectivity index (χ1n) is 7.82. The highest BCUT2D eigenvalue weighted by Crippen LogP contribution is 2.37. The van der Waals surface area contributed by atoms with Gasteiger partial charge in [0, 0.05) is 12.0 Å². The van der Waals surface area contributed by atoms with Crippen molar-refractivity contribution in [1.29, 1.82) is 0 Å². The molecule has 0 saturated heterocycles. The number of allylic oxidation sites excluding steroid dienone is 2. The fourth-order valence-electron chi connectivity index (χ4n) is 2.20. The second-order valence-corrected chi connectivity index (χ2v) is 6.69. The van der Waals surface area contributed by atoms with Crippen LogP contribution >= 0.6 is 15.9 Å². The summed E-state index contributed by atoms with van der Waals surface area (Å²) in [6, 6.07) is 9.42. The van der Waals surface area contributed by atoms with Crippen LogP contribution < -0.4 is 0 Å². The zero-order chi connectivity index (χ0) is 19.0. The molecule has 0 aromatic heterocycles. The van der Waals surface area contributed by atoms with E-state index in [0.29, 0.717) is 6.42 Å². The molecule has 134 valence electrons. The predicted octanol–water partition coefficient (Wildman–Crippen LogP) is 4.09. The number of carboxylic acid groups (broad SMARTS) is 2. The minimum Gasteiger partial charge on any atom is -0.481 e. The number of halogens is 1. The minimum atomic E-state index is -1.21. The average molecular weight is 409 g/mol. The summed E-state index contributed by atoms with van der Waals surface area (Å²) in [5, 5.41) is 17.8. The van der Waals surface area contributed by atoms with Crippen molar-refractivity contribution >= 4 is 33.7 Å². The van der Waals surface area contributed by atoms with Crippen LogP contribution in [0.3, 0.4) is 0 Å². The lowest BCUT2D eigenvalue weighted by Crippen LogP contribution is -2.38. The number of carboxylic acids is 2. The average Bonchev–Trinajstić information content (AvgIpc) is 2.58. The van der Waals surface area contributed by atoms with Crippen LogP contribution in [-0.2, 0) is 9.59 Å². The fraction of sp³-hybridized carbons (Fsp3) is 0.316. The highest BCUT2D eigenvalue weighted by atomic mass is 79.9. The molecule has 25 heavy (non-hydrogen) atoms. The normalized spacial score (nSPS) is 21.6. The zero-order valence-electron chi connectivity index (χ0n) is 14.1. The van der Waals surface area contributed by atoms with Crippen LogP contribution in [0.5, 0.6) is 0 Å². The lowest BCUT2D eigenvalue weighted by molar-refractivity contribution is -0.145. The Morgan fingerprint density at radius 1 is 1.16 bits per heavy atom. The van der Waals surface area contributed by atoms with Crippen LogP contribution in [0.2, 0.25) is 0 Å². The third kappa shape index (κ3) is 5.39. The summed E-state index contributed by atoms with van der Waals surface area (Å²) in [4.78, 5) is 32.2. The zero-order valence-corrected chi connectivity index (χ0v) is 15.7. The molecule has 5 nitrogen and oxygen atoms in total. The van der Waals surface area contributed by atoms with Gasteiger partial charge in [0.2, 0.25) is 0 Å². The third-order valence-corrected chi connectivity index (χ3v) is 5.24. The number of rotatable bonds is 5. The lowest BCUT2D eigenvalue weighted by Gasteiger charge is -2.29. The molecule has 0 saturated carbocycles. The molecule has 0 bridgehead atoms. The molecular formula is C19H21BrO5. The number of alkyl halides is 1. The van der Waals surface area contributed by atoms with Crippen LogP contribution in [0.1, 0.15) is 37.0 Å². The van der Waals surface area contributed by atoms with Crippen LogP contribution in [0.15, 0.2) is 54.1 Å². The van der Waals surface area contributed by atoms with E-state index in [1.54, 1.807) is 0 Å². The maximum atomic E-state index is 11.2. The molecule has 1 aliphatic rings. The van der Waals surface area contributed by atoms with Crippen molar-refractivity contribution in [2.24, 2.45) is 5.41 Å². The molecule has 2 unspecified atom stereocenters. The first-order chi connectivity index (χ1) is 11.7. The molecule has 0 aliphatic heterocycles. The van der Waals surface area contributed by atoms with Gasteiger partial charge >= 0.3 is 11.9 Å². The van der Waals surface area contributed by atoms with Crippen LogP contribution in [0.25, 0.3) is 0 Å². The number of ketones is 1. The first kappa shape index (κ1) is 20.8. The van der Waals surface area contributed by atoms with Crippen molar-refractivity contribution < 1.29 is 24.6 Å². The van der Waals surface area contributed by atoms with Crippen LogP contribution in [0, 0.1) is 5.41 Å². The van der Waals surface area contributed by atoms with Gasteiger partial charge in [0.15, 0.2) is 5.78 Å². The maximum Gasteiger partial charge on any atom is 0.332 e. The summed E-state index contributed by atoms with van der Waals surface area (Å²) in [6.45, 7) is 3.49. The Morgan fingerprint density at radius 3 is 2.24 bits per heavy atom. The SMILES string of the molecule is CC1(C(=O)O)C=CC=C(C(=O)O)C1Br.CCCC(=O)c1ccccc1. The molecule has 0 amide bonds. The van der Waals surface area contributed by atoms with Crippen molar-refractivity contribution in [3.63, 3.8) is 0 Å². The number of aliphatic carboxylic acids is 2. The summed E-state index contributed by atoms with van der Waals surface area (Å²) >= 11 is 3.10. The highest BCUT2D eigenvalue weighted by molar-refractivity contribution is 9.09. The Labute approximate surface area is 155 Å². The minimum absolute atomic E-state index is 0.0531. The number of hydrogen-bond acceptors (Lipinski definition) is 3. The van der Waals surface area contributed by atoms with Gasteiger partial charge in [-0.15, -0.1) is 0 Å². The molecule has 0 radical (unpaired) electrons. The Bertz CT molecular complexity index is 693. The largest absolute Gasteiger partial charge is 0.481 e. The standard InChI is InChI=1S/C10H12O.C9H9BrO4/c1-2-6-10(11)9-7-4-3-5-8-9;1-9(8(13)14)4-2-3-5(6(9)10)7(11)12/h3-5,7-8H,2,6H2,1H3;2-4,6H,1H3,(H,11,12)(H,13,14). The van der Waals surface area contributed by atoms with Gasteiger partial charge in [-0.2, -0.15) is 0 Å². The molecule has 1 aromatic rings. The van der Waals surface area contributed by atoms with Crippen molar-refractivity contribution in [2.45, 2.75) is 31.5 Å². The van der Waals surface area contributed by atoms with Gasteiger partial charge in [0.05, 0.1) is 10.4 Å². The quantitative estimate of drug-likeness (QED) is 0.565. The van der Waals surface area contributed by atoms with Crippen molar-refractivity contribution in [1.82, 2.24) is 0 Å². The van der Waals surface area contributed by atoms with E-state index in [-0.39, 0.29) is 11.4 Å². The molecule has 2 N–H and O–H groups in total. The van der Waals surface area contributed by atoms with E-state index >= 15 is 0 Å². The van der Waals surface area contributed by atoms with Crippen LogP contribution in [0.4, 0.5) is 0 Å². The van der Waals surface area contributed by atoms with E-state index in [4.69, 9.17) is 10.2 Å². The molecule has 2 rings (SSSR count). The molecule has 0 spiro atoms. The number of carbonyl (C=O) groups excluding carboxylic acids is 1. The predicted molar refractivity (Wildman–Crippen MR) is 99.0 cm³/mol. The van der Waals surface area contributed by atoms with Crippen LogP contribution in [-0.4, -0.2) is 32.8 Å². The summed E-state index contributed by atoms with van der Waals surface area (Å²) in [5.74, 6) is -1.92. The first-order valence-corrected chi connectivity index (χ1v) is 8.74. The van der Waals surface area contributed by atoms with E-state index < -0.39 is 22.2 Å². The van der Waals surface area contributed by atoms with E-state index in [2.05, 4.69) is 15.9 Å². The number of hydrogen-bond donors (Lipinski definition) is 2. The Kier molecular flexibility index (Phi) is 7.77. The topological polar surface area (TPSA) is 91.7 Å². The Hall–Kier alpha value is -2.21. The van der Waals surface area contributed by atoms with Gasteiger partial charge in [-0.05, 0) is 13.3 Å². The van der Waals surface area contributed by atoms with Crippen molar-refractivity contribution in [3.8, 4) is 0 Å².